The molecular weight excluding hydrogens is 377 g/mol. The van der Waals surface area contributed by atoms with E-state index in [1.807, 2.05) is 0 Å². The molecule has 27 heavy (non-hydrogen) atoms. The molecule has 0 amide bonds. The first kappa shape index (κ1) is 18.7. The summed E-state index contributed by atoms with van der Waals surface area (Å²) in [4.78, 5) is 17.2. The fraction of sp³-hybridized carbons (Fsp3) is 0.111. The van der Waals surface area contributed by atoms with Gasteiger partial charge in [-0.1, -0.05) is 17.7 Å². The zero-order valence-electron chi connectivity index (χ0n) is 13.6. The SMILES string of the molecule is C#CCOc1ncc(-c2nccnc2Sc2ccc(C(F)(F)F)cc2)cn1. The normalized spacial score (nSPS) is 11.0. The second-order valence-electron chi connectivity index (χ2n) is 5.08. The Labute approximate surface area is 157 Å². The zero-order chi connectivity index (χ0) is 19.3. The van der Waals surface area contributed by atoms with Crippen LogP contribution in [0.25, 0.3) is 11.3 Å². The van der Waals surface area contributed by atoms with Crippen LogP contribution in [0.3, 0.4) is 0 Å². The molecule has 3 rings (SSSR count). The molecule has 0 aliphatic carbocycles. The summed E-state index contributed by atoms with van der Waals surface area (Å²) in [6.45, 7) is 0.0551. The summed E-state index contributed by atoms with van der Waals surface area (Å²) in [6, 6.07) is 4.97. The van der Waals surface area contributed by atoms with Crippen LogP contribution in [0.2, 0.25) is 0 Å². The molecule has 2 aromatic heterocycles. The van der Waals surface area contributed by atoms with E-state index in [1.54, 1.807) is 0 Å². The van der Waals surface area contributed by atoms with Gasteiger partial charge in [-0.05, 0) is 24.3 Å². The van der Waals surface area contributed by atoms with Gasteiger partial charge in [-0.2, -0.15) is 13.2 Å². The van der Waals surface area contributed by atoms with Gasteiger partial charge in [0.15, 0.2) is 6.61 Å². The van der Waals surface area contributed by atoms with Crippen LogP contribution in [0.15, 0.2) is 59.0 Å². The van der Waals surface area contributed by atoms with Gasteiger partial charge in [-0.25, -0.2) is 15.0 Å². The number of hydrogen-bond acceptors (Lipinski definition) is 6. The molecule has 0 unspecified atom stereocenters. The summed E-state index contributed by atoms with van der Waals surface area (Å²) in [5.41, 5.74) is 0.388. The highest BCUT2D eigenvalue weighted by Gasteiger charge is 2.30. The highest BCUT2D eigenvalue weighted by Crippen LogP contribution is 2.35. The van der Waals surface area contributed by atoms with Crippen molar-refractivity contribution in [1.82, 2.24) is 19.9 Å². The quantitative estimate of drug-likeness (QED) is 0.613. The van der Waals surface area contributed by atoms with E-state index in [9.17, 15) is 13.2 Å². The number of ether oxygens (including phenoxy) is 1. The van der Waals surface area contributed by atoms with Gasteiger partial charge >= 0.3 is 12.2 Å². The minimum absolute atomic E-state index is 0.0551. The van der Waals surface area contributed by atoms with Gasteiger partial charge in [0, 0.05) is 35.2 Å². The Morgan fingerprint density at radius 1 is 1.00 bits per heavy atom. The maximum absolute atomic E-state index is 12.7. The van der Waals surface area contributed by atoms with E-state index in [0.717, 1.165) is 12.1 Å². The van der Waals surface area contributed by atoms with Gasteiger partial charge in [-0.3, -0.25) is 4.98 Å². The van der Waals surface area contributed by atoms with Crippen LogP contribution >= 0.6 is 11.8 Å². The molecular formula is C18H11F3N4OS. The highest BCUT2D eigenvalue weighted by molar-refractivity contribution is 7.99. The number of nitrogens with zero attached hydrogens (tertiary/aromatic N) is 4. The summed E-state index contributed by atoms with van der Waals surface area (Å²) in [6.07, 6.45) is 6.77. The lowest BCUT2D eigenvalue weighted by molar-refractivity contribution is -0.137. The van der Waals surface area contributed by atoms with Gasteiger partial charge in [-0.15, -0.1) is 6.42 Å². The van der Waals surface area contributed by atoms with Crippen molar-refractivity contribution in [3.63, 3.8) is 0 Å². The summed E-state index contributed by atoms with van der Waals surface area (Å²) in [5, 5.41) is 0.512. The van der Waals surface area contributed by atoms with E-state index >= 15 is 0 Å². The highest BCUT2D eigenvalue weighted by atomic mass is 32.2. The number of alkyl halides is 3. The molecule has 3 aromatic rings. The molecule has 5 nitrogen and oxygen atoms in total. The van der Waals surface area contributed by atoms with Crippen LogP contribution in [-0.4, -0.2) is 26.5 Å². The molecule has 0 saturated heterocycles. The van der Waals surface area contributed by atoms with E-state index < -0.39 is 11.7 Å². The summed E-state index contributed by atoms with van der Waals surface area (Å²) in [7, 11) is 0. The lowest BCUT2D eigenvalue weighted by Crippen LogP contribution is -2.03. The van der Waals surface area contributed by atoms with Crippen molar-refractivity contribution in [2.75, 3.05) is 6.61 Å². The fourth-order valence-corrected chi connectivity index (χ4v) is 2.92. The fourth-order valence-electron chi connectivity index (χ4n) is 2.04. The Bertz CT molecular complexity index is 954. The minimum Gasteiger partial charge on any atom is -0.450 e. The molecule has 0 aliphatic rings. The Morgan fingerprint density at radius 3 is 2.30 bits per heavy atom. The maximum Gasteiger partial charge on any atom is 0.416 e. The van der Waals surface area contributed by atoms with Crippen LogP contribution in [-0.2, 0) is 6.18 Å². The Balaban J connectivity index is 1.83. The van der Waals surface area contributed by atoms with Gasteiger partial charge in [0.2, 0.25) is 0 Å². The van der Waals surface area contributed by atoms with Crippen LogP contribution in [0.5, 0.6) is 6.01 Å². The standard InChI is InChI=1S/C18H11F3N4OS/c1-2-9-26-17-24-10-12(11-25-17)15-16(23-8-7-22-15)27-14-5-3-13(4-6-14)18(19,20)21/h1,3-8,10-11H,9H2. The molecule has 2 heterocycles. The second kappa shape index (κ2) is 8.05. The third-order valence-corrected chi connectivity index (χ3v) is 4.25. The Kier molecular flexibility index (Phi) is 5.57. The van der Waals surface area contributed by atoms with Crippen molar-refractivity contribution < 1.29 is 17.9 Å². The smallest absolute Gasteiger partial charge is 0.416 e. The number of benzene rings is 1. The average molecular weight is 388 g/mol. The predicted molar refractivity (Wildman–Crippen MR) is 93.0 cm³/mol. The lowest BCUT2D eigenvalue weighted by Gasteiger charge is -2.09. The Hall–Kier alpha value is -3.12. The van der Waals surface area contributed by atoms with Crippen molar-refractivity contribution in [2.45, 2.75) is 16.1 Å². The van der Waals surface area contributed by atoms with E-state index in [-0.39, 0.29) is 12.6 Å². The molecule has 0 saturated carbocycles. The van der Waals surface area contributed by atoms with Crippen molar-refractivity contribution >= 4 is 11.8 Å². The predicted octanol–water partition coefficient (Wildman–Crippen LogP) is 4.12. The minimum atomic E-state index is -4.37. The van der Waals surface area contributed by atoms with E-state index in [0.29, 0.717) is 21.2 Å². The van der Waals surface area contributed by atoms with Crippen molar-refractivity contribution in [3.8, 4) is 29.6 Å². The van der Waals surface area contributed by atoms with Crippen molar-refractivity contribution in [2.24, 2.45) is 0 Å². The van der Waals surface area contributed by atoms with Crippen LogP contribution in [0.4, 0.5) is 13.2 Å². The van der Waals surface area contributed by atoms with Crippen LogP contribution < -0.4 is 4.74 Å². The second-order valence-corrected chi connectivity index (χ2v) is 6.14. The third kappa shape index (κ3) is 4.74. The van der Waals surface area contributed by atoms with Gasteiger partial charge in [0.1, 0.15) is 10.7 Å². The van der Waals surface area contributed by atoms with Crippen molar-refractivity contribution in [3.05, 3.63) is 54.6 Å². The van der Waals surface area contributed by atoms with Gasteiger partial charge in [0.25, 0.3) is 0 Å². The number of aromatic nitrogens is 4. The van der Waals surface area contributed by atoms with E-state index in [1.165, 1.54) is 48.7 Å². The van der Waals surface area contributed by atoms with Gasteiger partial charge < -0.3 is 4.74 Å². The molecule has 0 bridgehead atoms. The molecule has 0 spiro atoms. The molecule has 1 aromatic carbocycles. The third-order valence-electron chi connectivity index (χ3n) is 3.25. The monoisotopic (exact) mass is 388 g/mol. The molecule has 0 N–H and O–H groups in total. The summed E-state index contributed by atoms with van der Waals surface area (Å²) < 4.78 is 43.2. The summed E-state index contributed by atoms with van der Waals surface area (Å²) in [5.74, 6) is 2.31. The van der Waals surface area contributed by atoms with E-state index in [2.05, 4.69) is 25.9 Å². The Morgan fingerprint density at radius 2 is 1.67 bits per heavy atom. The number of halogens is 3. The van der Waals surface area contributed by atoms with Crippen LogP contribution in [0, 0.1) is 12.3 Å². The first-order valence-corrected chi connectivity index (χ1v) is 8.34. The first-order valence-electron chi connectivity index (χ1n) is 7.52. The van der Waals surface area contributed by atoms with E-state index in [4.69, 9.17) is 11.2 Å². The molecule has 0 fully saturated rings. The van der Waals surface area contributed by atoms with Gasteiger partial charge in [0.05, 0.1) is 5.56 Å². The molecule has 0 aliphatic heterocycles. The topological polar surface area (TPSA) is 60.8 Å². The maximum atomic E-state index is 12.7. The average Bonchev–Trinajstić information content (AvgIpc) is 2.67. The number of terminal acetylenes is 1. The first-order chi connectivity index (χ1) is 13.0. The molecule has 0 atom stereocenters. The van der Waals surface area contributed by atoms with Crippen molar-refractivity contribution in [1.29, 1.82) is 0 Å². The number of hydrogen-bond donors (Lipinski definition) is 0. The largest absolute Gasteiger partial charge is 0.450 e. The molecule has 0 radical (unpaired) electrons. The van der Waals surface area contributed by atoms with Crippen LogP contribution in [0.1, 0.15) is 5.56 Å². The number of rotatable bonds is 5. The molecule has 9 heteroatoms. The summed E-state index contributed by atoms with van der Waals surface area (Å²) >= 11 is 1.19. The molecule has 136 valence electrons. The lowest BCUT2D eigenvalue weighted by atomic mass is 10.2. The zero-order valence-corrected chi connectivity index (χ0v) is 14.5.